The third-order valence-electron chi connectivity index (χ3n) is 4.69. The highest BCUT2D eigenvalue weighted by Gasteiger charge is 2.23. The number of rotatable bonds is 3. The van der Waals surface area contributed by atoms with Crippen LogP contribution in [0.15, 0.2) is 57.3 Å². The maximum atomic E-state index is 12.8. The van der Waals surface area contributed by atoms with Crippen LogP contribution in [0.4, 0.5) is 0 Å². The van der Waals surface area contributed by atoms with E-state index < -0.39 is 0 Å². The van der Waals surface area contributed by atoms with Crippen LogP contribution in [-0.4, -0.2) is 27.8 Å². The number of halogens is 1. The van der Waals surface area contributed by atoms with Gasteiger partial charge in [-0.3, -0.25) is 14.8 Å². The predicted molar refractivity (Wildman–Crippen MR) is 99.5 cm³/mol. The molecule has 5 heteroatoms. The van der Waals surface area contributed by atoms with Gasteiger partial charge in [-0.1, -0.05) is 34.2 Å². The molecule has 2 heterocycles. The van der Waals surface area contributed by atoms with Crippen LogP contribution in [0, 0.1) is 0 Å². The minimum absolute atomic E-state index is 0.0742. The Hall–Kier alpha value is -1.85. The van der Waals surface area contributed by atoms with E-state index in [-0.39, 0.29) is 5.56 Å². The molecule has 24 heavy (non-hydrogen) atoms. The second-order valence-corrected chi connectivity index (χ2v) is 7.32. The fourth-order valence-electron chi connectivity index (χ4n) is 3.41. The summed E-state index contributed by atoms with van der Waals surface area (Å²) in [4.78, 5) is 15.2. The third kappa shape index (κ3) is 3.06. The Morgan fingerprint density at radius 2 is 2.00 bits per heavy atom. The molecule has 1 aromatic heterocycles. The Kier molecular flexibility index (Phi) is 4.29. The molecule has 0 spiro atoms. The lowest BCUT2D eigenvalue weighted by atomic mass is 10.0. The molecule has 0 radical (unpaired) electrons. The van der Waals surface area contributed by atoms with Crippen molar-refractivity contribution in [3.63, 3.8) is 0 Å². The highest BCUT2D eigenvalue weighted by molar-refractivity contribution is 9.10. The predicted octanol–water partition coefficient (Wildman–Crippen LogP) is 3.56. The fourth-order valence-corrected chi connectivity index (χ4v) is 3.67. The van der Waals surface area contributed by atoms with Gasteiger partial charge in [0.1, 0.15) is 0 Å². The molecule has 0 atom stereocenters. The summed E-state index contributed by atoms with van der Waals surface area (Å²) < 4.78 is 2.68. The lowest BCUT2D eigenvalue weighted by Gasteiger charge is -2.26. The molecular weight excluding hydrogens is 366 g/mol. The molecule has 2 aliphatic rings. The van der Waals surface area contributed by atoms with Gasteiger partial charge in [0.2, 0.25) is 0 Å². The number of fused-ring (bicyclic) bond motifs is 1. The van der Waals surface area contributed by atoms with Crippen LogP contribution < -0.4 is 5.56 Å². The molecule has 4 rings (SSSR count). The maximum Gasteiger partial charge on any atom is 0.275 e. The van der Waals surface area contributed by atoms with Crippen LogP contribution in [0.25, 0.3) is 5.69 Å². The van der Waals surface area contributed by atoms with Crippen molar-refractivity contribution in [2.45, 2.75) is 25.8 Å². The van der Waals surface area contributed by atoms with Crippen molar-refractivity contribution < 1.29 is 0 Å². The Balaban J connectivity index is 1.58. The summed E-state index contributed by atoms with van der Waals surface area (Å²) in [6.45, 7) is 2.64. The van der Waals surface area contributed by atoms with Crippen molar-refractivity contribution in [2.24, 2.45) is 0 Å². The highest BCUT2D eigenvalue weighted by Crippen LogP contribution is 2.19. The fraction of sp³-hybridized carbons (Fsp3) is 0.316. The molecule has 0 saturated carbocycles. The number of hydrogen-bond donors (Lipinski definition) is 1. The molecule has 4 nitrogen and oxygen atoms in total. The second-order valence-electron chi connectivity index (χ2n) is 6.41. The minimum atomic E-state index is 0.0742. The Bertz CT molecular complexity index is 858. The minimum Gasteiger partial charge on any atom is -0.295 e. The first-order chi connectivity index (χ1) is 11.7. The molecule has 1 aromatic carbocycles. The summed E-state index contributed by atoms with van der Waals surface area (Å²) in [5, 5.41) is 3.30. The summed E-state index contributed by atoms with van der Waals surface area (Å²) in [5.41, 5.74) is 4.30. The van der Waals surface area contributed by atoms with Crippen LogP contribution in [0.3, 0.4) is 0 Å². The van der Waals surface area contributed by atoms with Crippen molar-refractivity contribution in [1.82, 2.24) is 14.7 Å². The highest BCUT2D eigenvalue weighted by atomic mass is 79.9. The Morgan fingerprint density at radius 3 is 2.75 bits per heavy atom. The summed E-state index contributed by atoms with van der Waals surface area (Å²) in [5.74, 6) is 0. The van der Waals surface area contributed by atoms with E-state index >= 15 is 0 Å². The van der Waals surface area contributed by atoms with Crippen LogP contribution >= 0.6 is 15.9 Å². The van der Waals surface area contributed by atoms with Crippen molar-refractivity contribution >= 4 is 15.9 Å². The molecule has 1 aliphatic carbocycles. The van der Waals surface area contributed by atoms with Gasteiger partial charge in [0, 0.05) is 36.2 Å². The van der Waals surface area contributed by atoms with Gasteiger partial charge in [-0.25, -0.2) is 4.68 Å². The van der Waals surface area contributed by atoms with Crippen LogP contribution in [0.5, 0.6) is 0 Å². The number of allylic oxidation sites excluding steroid dienone is 2. The largest absolute Gasteiger partial charge is 0.295 e. The van der Waals surface area contributed by atoms with E-state index in [4.69, 9.17) is 0 Å². The molecular formula is C19H20BrN3O. The summed E-state index contributed by atoms with van der Waals surface area (Å²) in [7, 11) is 0. The van der Waals surface area contributed by atoms with Gasteiger partial charge in [0.05, 0.1) is 11.3 Å². The van der Waals surface area contributed by atoms with Gasteiger partial charge in [-0.05, 0) is 42.7 Å². The first-order valence-electron chi connectivity index (χ1n) is 8.37. The molecule has 0 unspecified atom stereocenters. The van der Waals surface area contributed by atoms with Gasteiger partial charge in [0.15, 0.2) is 0 Å². The molecule has 0 bridgehead atoms. The molecule has 0 amide bonds. The average molecular weight is 386 g/mol. The zero-order valence-electron chi connectivity index (χ0n) is 13.5. The van der Waals surface area contributed by atoms with E-state index in [1.807, 2.05) is 24.3 Å². The number of hydrogen-bond acceptors (Lipinski definition) is 2. The Labute approximate surface area is 149 Å². The standard InChI is InChI=1S/C19H20BrN3O/c20-15-6-8-16(9-7-15)23-19(24)17-13-22(11-10-18(17)21-23)12-14-4-2-1-3-5-14/h2,4-9,21H,1,3,10-13H2. The van der Waals surface area contributed by atoms with Crippen molar-refractivity contribution in [3.8, 4) is 5.69 Å². The monoisotopic (exact) mass is 385 g/mol. The summed E-state index contributed by atoms with van der Waals surface area (Å²) in [6.07, 6.45) is 9.93. The lowest BCUT2D eigenvalue weighted by molar-refractivity contribution is 0.275. The van der Waals surface area contributed by atoms with E-state index in [9.17, 15) is 4.79 Å². The van der Waals surface area contributed by atoms with E-state index in [2.05, 4.69) is 44.2 Å². The van der Waals surface area contributed by atoms with Gasteiger partial charge in [0.25, 0.3) is 5.56 Å². The number of benzene rings is 1. The second kappa shape index (κ2) is 6.57. The maximum absolute atomic E-state index is 12.8. The molecule has 124 valence electrons. The smallest absolute Gasteiger partial charge is 0.275 e. The molecule has 1 N–H and O–H groups in total. The van der Waals surface area contributed by atoms with Gasteiger partial charge in [-0.2, -0.15) is 0 Å². The first kappa shape index (κ1) is 15.7. The Morgan fingerprint density at radius 1 is 1.17 bits per heavy atom. The van der Waals surface area contributed by atoms with Crippen molar-refractivity contribution in [2.75, 3.05) is 13.1 Å². The number of aromatic amines is 1. The normalized spacial score (nSPS) is 17.6. The van der Waals surface area contributed by atoms with Gasteiger partial charge in [-0.15, -0.1) is 0 Å². The quantitative estimate of drug-likeness (QED) is 0.877. The molecule has 2 aromatic rings. The third-order valence-corrected chi connectivity index (χ3v) is 5.22. The van der Waals surface area contributed by atoms with E-state index in [1.54, 1.807) is 4.68 Å². The number of H-pyrrole nitrogens is 1. The van der Waals surface area contributed by atoms with Crippen LogP contribution in [-0.2, 0) is 13.0 Å². The SMILES string of the molecule is O=c1c2c([nH]n1-c1ccc(Br)cc1)CCN(CC1=CCCC=C1)C2. The number of aromatic nitrogens is 2. The first-order valence-corrected chi connectivity index (χ1v) is 9.16. The van der Waals surface area contributed by atoms with Crippen molar-refractivity contribution in [3.05, 3.63) is 74.2 Å². The van der Waals surface area contributed by atoms with E-state index in [0.717, 1.165) is 60.3 Å². The topological polar surface area (TPSA) is 41.0 Å². The lowest BCUT2D eigenvalue weighted by Crippen LogP contribution is -2.34. The van der Waals surface area contributed by atoms with Crippen LogP contribution in [0.1, 0.15) is 24.1 Å². The van der Waals surface area contributed by atoms with Crippen molar-refractivity contribution in [1.29, 1.82) is 0 Å². The molecule has 0 fully saturated rings. The zero-order chi connectivity index (χ0) is 16.5. The number of nitrogens with zero attached hydrogens (tertiary/aromatic N) is 2. The van der Waals surface area contributed by atoms with E-state index in [1.165, 1.54) is 5.57 Å². The van der Waals surface area contributed by atoms with Gasteiger partial charge < -0.3 is 0 Å². The van der Waals surface area contributed by atoms with Gasteiger partial charge >= 0.3 is 0 Å². The zero-order valence-corrected chi connectivity index (χ0v) is 15.1. The summed E-state index contributed by atoms with van der Waals surface area (Å²) in [6, 6.07) is 7.80. The summed E-state index contributed by atoms with van der Waals surface area (Å²) >= 11 is 3.43. The molecule has 1 aliphatic heterocycles. The molecule has 0 saturated heterocycles. The number of nitrogens with one attached hydrogen (secondary N) is 1. The average Bonchev–Trinajstić information content (AvgIpc) is 2.93. The van der Waals surface area contributed by atoms with E-state index in [0.29, 0.717) is 0 Å². The van der Waals surface area contributed by atoms with Crippen LogP contribution in [0.2, 0.25) is 0 Å².